The van der Waals surface area contributed by atoms with Crippen molar-refractivity contribution in [2.45, 2.75) is 65.8 Å². The van der Waals surface area contributed by atoms with Crippen LogP contribution < -0.4 is 10.1 Å². The molecule has 0 unspecified atom stereocenters. The lowest BCUT2D eigenvalue weighted by molar-refractivity contribution is -0.164. The summed E-state index contributed by atoms with van der Waals surface area (Å²) in [6, 6.07) is 12.2. The average molecular weight is 459 g/mol. The number of carbonyl (C=O) groups excluding carboxylic acids is 1. The molecular weight excluding hydrogens is 429 g/mol. The fourth-order valence-electron chi connectivity index (χ4n) is 5.19. The van der Waals surface area contributed by atoms with Crippen LogP contribution in [0.1, 0.15) is 68.1 Å². The fraction of sp³-hybridized carbons (Fsp3) is 0.462. The number of nitriles is 1. The Labute approximate surface area is 192 Å². The normalized spacial score (nSPS) is 20.9. The molecule has 0 aromatic heterocycles. The minimum Gasteiger partial charge on any atom is -0.489 e. The van der Waals surface area contributed by atoms with Crippen LogP contribution in [0.15, 0.2) is 42.5 Å². The summed E-state index contributed by atoms with van der Waals surface area (Å²) in [5.74, 6) is -0.149. The second-order valence-corrected chi connectivity index (χ2v) is 9.81. The second kappa shape index (κ2) is 8.74. The Morgan fingerprint density at radius 1 is 1.09 bits per heavy atom. The predicted molar refractivity (Wildman–Crippen MR) is 120 cm³/mol. The fourth-order valence-corrected chi connectivity index (χ4v) is 5.19. The summed E-state index contributed by atoms with van der Waals surface area (Å²) in [6.07, 6.45) is -3.12. The molecule has 0 heterocycles. The molecule has 0 saturated heterocycles. The molecule has 0 bridgehead atoms. The van der Waals surface area contributed by atoms with Gasteiger partial charge in [-0.2, -0.15) is 18.4 Å². The highest BCUT2D eigenvalue weighted by Crippen LogP contribution is 2.55. The Balaban J connectivity index is 1.77. The molecular formula is C26H29F3N2O2. The van der Waals surface area contributed by atoms with Crippen molar-refractivity contribution < 1.29 is 22.7 Å². The molecule has 3 rings (SSSR count). The quantitative estimate of drug-likeness (QED) is 0.565. The Hall–Kier alpha value is -3.01. The van der Waals surface area contributed by atoms with E-state index in [9.17, 15) is 18.0 Å². The van der Waals surface area contributed by atoms with Crippen LogP contribution in [0.5, 0.6) is 5.75 Å². The molecule has 2 aromatic carbocycles. The molecule has 1 aliphatic carbocycles. The van der Waals surface area contributed by atoms with Gasteiger partial charge in [-0.1, -0.05) is 53.2 Å². The van der Waals surface area contributed by atoms with Gasteiger partial charge in [0.05, 0.1) is 17.2 Å². The lowest BCUT2D eigenvalue weighted by atomic mass is 9.49. The largest absolute Gasteiger partial charge is 0.489 e. The topological polar surface area (TPSA) is 62.1 Å². The molecule has 0 aliphatic heterocycles. The van der Waals surface area contributed by atoms with Crippen molar-refractivity contribution >= 4 is 5.91 Å². The van der Waals surface area contributed by atoms with Gasteiger partial charge in [-0.25, -0.2) is 0 Å². The van der Waals surface area contributed by atoms with E-state index in [1.807, 2.05) is 52.0 Å². The highest BCUT2D eigenvalue weighted by Gasteiger charge is 2.64. The molecule has 1 saturated carbocycles. The first-order valence-electron chi connectivity index (χ1n) is 11.0. The molecule has 4 nitrogen and oxygen atoms in total. The summed E-state index contributed by atoms with van der Waals surface area (Å²) in [7, 11) is 0. The van der Waals surface area contributed by atoms with E-state index in [0.29, 0.717) is 5.56 Å². The molecule has 1 N–H and O–H groups in total. The van der Waals surface area contributed by atoms with Crippen LogP contribution in [0.2, 0.25) is 0 Å². The highest BCUT2D eigenvalue weighted by atomic mass is 19.4. The number of halogens is 3. The molecule has 7 heteroatoms. The van der Waals surface area contributed by atoms with Gasteiger partial charge in [0.25, 0.3) is 5.91 Å². The smallest absolute Gasteiger partial charge is 0.417 e. The van der Waals surface area contributed by atoms with E-state index in [4.69, 9.17) is 10.00 Å². The number of rotatable bonds is 6. The zero-order valence-corrected chi connectivity index (χ0v) is 19.5. The van der Waals surface area contributed by atoms with E-state index in [1.54, 1.807) is 6.07 Å². The van der Waals surface area contributed by atoms with Crippen LogP contribution in [-0.4, -0.2) is 18.1 Å². The SMILES string of the molecule is CCCc1ccc(C(=O)NC2C(C)(C)C(Oc3ccc(C#N)c(C(F)(F)F)c3)C2(C)C)cc1. The van der Waals surface area contributed by atoms with E-state index >= 15 is 0 Å². The van der Waals surface area contributed by atoms with E-state index < -0.39 is 34.2 Å². The number of benzene rings is 2. The van der Waals surface area contributed by atoms with Crippen LogP contribution in [0, 0.1) is 22.2 Å². The zero-order chi connectivity index (χ0) is 24.6. The molecule has 0 spiro atoms. The minimum absolute atomic E-state index is 0.0452. The van der Waals surface area contributed by atoms with Crippen molar-refractivity contribution in [2.75, 3.05) is 0 Å². The molecule has 2 aromatic rings. The number of alkyl halides is 3. The maximum absolute atomic E-state index is 13.3. The third-order valence-corrected chi connectivity index (χ3v) is 6.54. The molecule has 0 atom stereocenters. The molecule has 1 aliphatic rings. The third-order valence-electron chi connectivity index (χ3n) is 6.54. The highest BCUT2D eigenvalue weighted by molar-refractivity contribution is 5.94. The molecule has 1 fully saturated rings. The predicted octanol–water partition coefficient (Wildman–Crippen LogP) is 6.14. The summed E-state index contributed by atoms with van der Waals surface area (Å²) < 4.78 is 46.0. The first-order chi connectivity index (χ1) is 15.3. The van der Waals surface area contributed by atoms with Gasteiger partial charge in [-0.3, -0.25) is 4.79 Å². The maximum atomic E-state index is 13.3. The van der Waals surface area contributed by atoms with Gasteiger partial charge in [0.2, 0.25) is 0 Å². The standard InChI is InChI=1S/C26H29F3N2O2/c1-6-7-16-8-10-17(11-9-16)21(32)31-22-24(2,3)23(25(22,4)5)33-19-13-12-18(15-30)20(14-19)26(27,28)29/h8-14,22-23H,6-7H2,1-5H3,(H,31,32). The van der Waals surface area contributed by atoms with E-state index in [1.165, 1.54) is 11.6 Å². The van der Waals surface area contributed by atoms with Gasteiger partial charge in [0.15, 0.2) is 0 Å². The number of aryl methyl sites for hydroxylation is 1. The zero-order valence-electron chi connectivity index (χ0n) is 19.5. The lowest BCUT2D eigenvalue weighted by Gasteiger charge is -2.63. The number of carbonyl (C=O) groups is 1. The van der Waals surface area contributed by atoms with Crippen LogP contribution in [0.3, 0.4) is 0 Å². The summed E-state index contributed by atoms with van der Waals surface area (Å²) in [5, 5.41) is 12.1. The maximum Gasteiger partial charge on any atom is 0.417 e. The minimum atomic E-state index is -4.65. The van der Waals surface area contributed by atoms with Crippen molar-refractivity contribution in [2.24, 2.45) is 10.8 Å². The molecule has 176 valence electrons. The number of ether oxygens (including phenoxy) is 1. The number of nitrogens with one attached hydrogen (secondary N) is 1. The Kier molecular flexibility index (Phi) is 6.52. The Morgan fingerprint density at radius 3 is 2.21 bits per heavy atom. The van der Waals surface area contributed by atoms with Gasteiger partial charge >= 0.3 is 6.18 Å². The monoisotopic (exact) mass is 458 g/mol. The first kappa shape index (κ1) is 24.6. The second-order valence-electron chi connectivity index (χ2n) is 9.81. The van der Waals surface area contributed by atoms with Gasteiger partial charge < -0.3 is 10.1 Å². The summed E-state index contributed by atoms with van der Waals surface area (Å²) in [4.78, 5) is 12.9. The number of hydrogen-bond donors (Lipinski definition) is 1. The molecule has 0 radical (unpaired) electrons. The van der Waals surface area contributed by atoms with Gasteiger partial charge in [-0.05, 0) is 42.3 Å². The lowest BCUT2D eigenvalue weighted by Crippen LogP contribution is -2.74. The van der Waals surface area contributed by atoms with Crippen molar-refractivity contribution in [1.29, 1.82) is 5.26 Å². The Bertz CT molecular complexity index is 1050. The van der Waals surface area contributed by atoms with Gasteiger partial charge in [-0.15, -0.1) is 0 Å². The first-order valence-corrected chi connectivity index (χ1v) is 11.0. The summed E-state index contributed by atoms with van der Waals surface area (Å²) in [6.45, 7) is 9.79. The number of hydrogen-bond acceptors (Lipinski definition) is 3. The molecule has 1 amide bonds. The van der Waals surface area contributed by atoms with Crippen LogP contribution in [-0.2, 0) is 12.6 Å². The van der Waals surface area contributed by atoms with Crippen LogP contribution in [0.25, 0.3) is 0 Å². The van der Waals surface area contributed by atoms with Gasteiger partial charge in [0.1, 0.15) is 11.9 Å². The Morgan fingerprint density at radius 2 is 1.70 bits per heavy atom. The number of amides is 1. The van der Waals surface area contributed by atoms with Crippen LogP contribution in [0.4, 0.5) is 13.2 Å². The van der Waals surface area contributed by atoms with Crippen LogP contribution >= 0.6 is 0 Å². The summed E-state index contributed by atoms with van der Waals surface area (Å²) >= 11 is 0. The third kappa shape index (κ3) is 4.71. The van der Waals surface area contributed by atoms with E-state index in [0.717, 1.165) is 25.0 Å². The van der Waals surface area contributed by atoms with E-state index in [2.05, 4.69) is 12.2 Å². The van der Waals surface area contributed by atoms with Crippen molar-refractivity contribution in [3.05, 3.63) is 64.7 Å². The van der Waals surface area contributed by atoms with Crippen molar-refractivity contribution in [3.63, 3.8) is 0 Å². The van der Waals surface area contributed by atoms with E-state index in [-0.39, 0.29) is 17.7 Å². The van der Waals surface area contributed by atoms with Crippen molar-refractivity contribution in [3.8, 4) is 11.8 Å². The summed E-state index contributed by atoms with van der Waals surface area (Å²) in [5.41, 5.74) is -0.799. The average Bonchev–Trinajstić information content (AvgIpc) is 2.75. The molecule has 33 heavy (non-hydrogen) atoms. The van der Waals surface area contributed by atoms with Gasteiger partial charge in [0, 0.05) is 22.4 Å². The van der Waals surface area contributed by atoms with Crippen molar-refractivity contribution in [1.82, 2.24) is 5.32 Å². The number of nitrogens with zero attached hydrogens (tertiary/aromatic N) is 1.